The Labute approximate surface area is 121 Å². The molecular weight excluding hydrogens is 264 g/mol. The summed E-state index contributed by atoms with van der Waals surface area (Å²) in [7, 11) is 0. The first-order chi connectivity index (χ1) is 10.3. The molecule has 0 spiro atoms. The lowest BCUT2D eigenvalue weighted by Gasteiger charge is -2.02. The van der Waals surface area contributed by atoms with Gasteiger partial charge in [-0.15, -0.1) is 5.10 Å². The Balaban J connectivity index is 0.000000131. The number of nitrogens with zero attached hydrogens (tertiary/aromatic N) is 5. The first-order valence-electron chi connectivity index (χ1n) is 6.52. The van der Waals surface area contributed by atoms with Gasteiger partial charge in [0, 0.05) is 0 Å². The molecule has 6 heteroatoms. The lowest BCUT2D eigenvalue weighted by molar-refractivity contribution is 0.798. The van der Waals surface area contributed by atoms with Crippen molar-refractivity contribution in [2.75, 3.05) is 0 Å². The van der Waals surface area contributed by atoms with Crippen LogP contribution in [0.2, 0.25) is 0 Å². The molecule has 4 rings (SSSR count). The van der Waals surface area contributed by atoms with Crippen LogP contribution < -0.4 is 0 Å². The molecule has 2 aromatic carbocycles. The largest absolute Gasteiger partial charge is 0.221 e. The molecule has 6 nitrogen and oxygen atoms in total. The molecule has 0 amide bonds. The van der Waals surface area contributed by atoms with Crippen molar-refractivity contribution in [1.29, 1.82) is 0 Å². The first kappa shape index (κ1) is 13.0. The van der Waals surface area contributed by atoms with Crippen LogP contribution in [0.1, 0.15) is 5.56 Å². The van der Waals surface area contributed by atoms with Gasteiger partial charge in [0.15, 0.2) is 0 Å². The highest BCUT2D eigenvalue weighted by Gasteiger charge is 1.98. The number of rotatable bonds is 1. The van der Waals surface area contributed by atoms with Gasteiger partial charge in [-0.05, 0) is 30.7 Å². The summed E-state index contributed by atoms with van der Waals surface area (Å²) in [5.74, 6) is 0. The Kier molecular flexibility index (Phi) is 3.68. The summed E-state index contributed by atoms with van der Waals surface area (Å²) in [6.07, 6.45) is 3.51. The minimum atomic E-state index is 0.914. The normalized spacial score (nSPS) is 10.1. The number of para-hydroxylation sites is 3. The van der Waals surface area contributed by atoms with Crippen LogP contribution in [0.3, 0.4) is 0 Å². The number of fused-ring (bicyclic) bond motifs is 1. The van der Waals surface area contributed by atoms with E-state index in [0.717, 1.165) is 16.7 Å². The lowest BCUT2D eigenvalue weighted by Crippen LogP contribution is -1.96. The van der Waals surface area contributed by atoms with E-state index in [9.17, 15) is 0 Å². The molecule has 0 saturated carbocycles. The van der Waals surface area contributed by atoms with Gasteiger partial charge in [-0.1, -0.05) is 35.5 Å². The molecule has 0 aliphatic rings. The fourth-order valence-corrected chi connectivity index (χ4v) is 1.94. The van der Waals surface area contributed by atoms with Crippen molar-refractivity contribution >= 4 is 11.0 Å². The quantitative estimate of drug-likeness (QED) is 0.580. The van der Waals surface area contributed by atoms with Crippen molar-refractivity contribution in [3.05, 3.63) is 66.5 Å². The van der Waals surface area contributed by atoms with Gasteiger partial charge < -0.3 is 0 Å². The molecule has 0 aliphatic carbocycles. The number of aryl methyl sites for hydroxylation is 1. The summed E-state index contributed by atoms with van der Waals surface area (Å²) in [6.45, 7) is 2.05. The zero-order valence-electron chi connectivity index (χ0n) is 11.5. The van der Waals surface area contributed by atoms with E-state index in [1.165, 1.54) is 5.56 Å². The smallest absolute Gasteiger partial charge is 0.112 e. The van der Waals surface area contributed by atoms with Crippen LogP contribution in [0, 0.1) is 6.92 Å². The van der Waals surface area contributed by atoms with Crippen LogP contribution in [0.5, 0.6) is 0 Å². The van der Waals surface area contributed by atoms with E-state index in [0.29, 0.717) is 0 Å². The van der Waals surface area contributed by atoms with Gasteiger partial charge in [0.25, 0.3) is 0 Å². The number of H-pyrrole nitrogens is 1. The maximum atomic E-state index is 3.91. The van der Waals surface area contributed by atoms with Crippen LogP contribution in [-0.2, 0) is 0 Å². The molecule has 0 unspecified atom stereocenters. The second-order valence-electron chi connectivity index (χ2n) is 4.45. The third-order valence-electron chi connectivity index (χ3n) is 3.01. The van der Waals surface area contributed by atoms with Crippen LogP contribution in [0.15, 0.2) is 60.9 Å². The van der Waals surface area contributed by atoms with Crippen molar-refractivity contribution in [3.63, 3.8) is 0 Å². The van der Waals surface area contributed by atoms with Crippen molar-refractivity contribution in [3.8, 4) is 5.69 Å². The molecule has 0 fully saturated rings. The SMILES string of the molecule is Cc1ccccc1-n1ccnn1.c1ccc2n[nH]nc2c1. The number of aromatic nitrogens is 6. The standard InChI is InChI=1S/C9H9N3.C6H5N3/c1-8-4-2-3-5-9(8)12-7-6-10-11-12;1-2-4-6-5(3-1)7-9-8-6/h2-7H,1H3;1-4H,(H,7,8,9). The monoisotopic (exact) mass is 278 g/mol. The molecule has 0 aliphatic heterocycles. The Morgan fingerprint density at radius 1 is 0.905 bits per heavy atom. The van der Waals surface area contributed by atoms with Crippen LogP contribution in [-0.4, -0.2) is 30.4 Å². The molecule has 2 heterocycles. The molecule has 1 N–H and O–H groups in total. The lowest BCUT2D eigenvalue weighted by atomic mass is 10.2. The molecule has 104 valence electrons. The summed E-state index contributed by atoms with van der Waals surface area (Å²) in [4.78, 5) is 0. The van der Waals surface area contributed by atoms with E-state index in [-0.39, 0.29) is 0 Å². The van der Waals surface area contributed by atoms with Crippen molar-refractivity contribution in [1.82, 2.24) is 30.4 Å². The molecule has 2 aromatic heterocycles. The number of hydrogen-bond donors (Lipinski definition) is 1. The predicted molar refractivity (Wildman–Crippen MR) is 80.0 cm³/mol. The molecular formula is C15H14N6. The number of nitrogens with one attached hydrogen (secondary N) is 1. The Bertz CT molecular complexity index is 789. The van der Waals surface area contributed by atoms with Gasteiger partial charge in [-0.3, -0.25) is 0 Å². The summed E-state index contributed by atoms with van der Waals surface area (Å²) >= 11 is 0. The van der Waals surface area contributed by atoms with E-state index in [1.54, 1.807) is 10.9 Å². The van der Waals surface area contributed by atoms with Gasteiger partial charge in [-0.25, -0.2) is 4.68 Å². The van der Waals surface area contributed by atoms with Crippen molar-refractivity contribution < 1.29 is 0 Å². The van der Waals surface area contributed by atoms with E-state index in [2.05, 4.69) is 38.7 Å². The third kappa shape index (κ3) is 2.94. The molecule has 0 bridgehead atoms. The summed E-state index contributed by atoms with van der Waals surface area (Å²) in [6, 6.07) is 15.8. The highest BCUT2D eigenvalue weighted by atomic mass is 15.4. The summed E-state index contributed by atoms with van der Waals surface area (Å²) in [5.41, 5.74) is 4.10. The third-order valence-corrected chi connectivity index (χ3v) is 3.01. The van der Waals surface area contributed by atoms with E-state index >= 15 is 0 Å². The van der Waals surface area contributed by atoms with Crippen LogP contribution in [0.4, 0.5) is 0 Å². The molecule has 0 atom stereocenters. The van der Waals surface area contributed by atoms with E-state index in [1.807, 2.05) is 48.7 Å². The zero-order valence-corrected chi connectivity index (χ0v) is 11.5. The fraction of sp³-hybridized carbons (Fsp3) is 0.0667. The Hall–Kier alpha value is -3.02. The minimum absolute atomic E-state index is 0.914. The zero-order chi connectivity index (χ0) is 14.5. The molecule has 0 radical (unpaired) electrons. The summed E-state index contributed by atoms with van der Waals surface area (Å²) < 4.78 is 1.76. The second-order valence-corrected chi connectivity index (χ2v) is 4.45. The Morgan fingerprint density at radius 2 is 1.57 bits per heavy atom. The summed E-state index contributed by atoms with van der Waals surface area (Å²) in [5, 5.41) is 18.0. The number of aromatic amines is 1. The van der Waals surface area contributed by atoms with Gasteiger partial charge in [0.2, 0.25) is 0 Å². The number of benzene rings is 2. The maximum Gasteiger partial charge on any atom is 0.112 e. The van der Waals surface area contributed by atoms with Gasteiger partial charge in [0.1, 0.15) is 11.0 Å². The molecule has 4 aromatic rings. The van der Waals surface area contributed by atoms with Gasteiger partial charge in [-0.2, -0.15) is 15.4 Å². The average molecular weight is 278 g/mol. The van der Waals surface area contributed by atoms with Crippen molar-refractivity contribution in [2.24, 2.45) is 0 Å². The fourth-order valence-electron chi connectivity index (χ4n) is 1.94. The highest BCUT2D eigenvalue weighted by molar-refractivity contribution is 5.72. The van der Waals surface area contributed by atoms with Crippen LogP contribution >= 0.6 is 0 Å². The number of hydrogen-bond acceptors (Lipinski definition) is 4. The average Bonchev–Trinajstić information content (AvgIpc) is 3.20. The van der Waals surface area contributed by atoms with Gasteiger partial charge in [0.05, 0.1) is 18.1 Å². The topological polar surface area (TPSA) is 72.3 Å². The highest BCUT2D eigenvalue weighted by Crippen LogP contribution is 2.10. The van der Waals surface area contributed by atoms with E-state index in [4.69, 9.17) is 0 Å². The van der Waals surface area contributed by atoms with E-state index < -0.39 is 0 Å². The van der Waals surface area contributed by atoms with Crippen molar-refractivity contribution in [2.45, 2.75) is 6.92 Å². The molecule has 0 saturated heterocycles. The predicted octanol–water partition coefficient (Wildman–Crippen LogP) is 2.53. The van der Waals surface area contributed by atoms with Gasteiger partial charge >= 0.3 is 0 Å². The minimum Gasteiger partial charge on any atom is -0.221 e. The molecule has 21 heavy (non-hydrogen) atoms. The first-order valence-corrected chi connectivity index (χ1v) is 6.52. The maximum absolute atomic E-state index is 3.91. The second kappa shape index (κ2) is 5.96. The Morgan fingerprint density at radius 3 is 2.19 bits per heavy atom. The van der Waals surface area contributed by atoms with Crippen LogP contribution in [0.25, 0.3) is 16.7 Å².